The van der Waals surface area contributed by atoms with Crippen LogP contribution in [0.5, 0.6) is 0 Å². The van der Waals surface area contributed by atoms with Crippen LogP contribution in [0.2, 0.25) is 5.02 Å². The lowest BCUT2D eigenvalue weighted by Gasteiger charge is -2.23. The quantitative estimate of drug-likeness (QED) is 0.342. The smallest absolute Gasteiger partial charge is 0.348 e. The summed E-state index contributed by atoms with van der Waals surface area (Å²) in [4.78, 5) is 12.7. The summed E-state index contributed by atoms with van der Waals surface area (Å²) in [5.74, 6) is -0.935. The minimum atomic E-state index is -3.59. The van der Waals surface area contributed by atoms with Gasteiger partial charge in [-0.15, -0.1) is 11.3 Å². The molecule has 8 heteroatoms. The molecule has 0 fully saturated rings. The first kappa shape index (κ1) is 23.6. The maximum absolute atomic E-state index is 14.0. The number of hydrogen-bond donors (Lipinski definition) is 2. The maximum Gasteiger partial charge on any atom is 0.348 e. The summed E-state index contributed by atoms with van der Waals surface area (Å²) in [5.41, 5.74) is 2.97. The minimum absolute atomic E-state index is 0.0723. The minimum Gasteiger partial charge on any atom is -0.477 e. The number of aryl methyl sites for hydroxylation is 2. The second-order valence-corrected chi connectivity index (χ2v) is 11.4. The summed E-state index contributed by atoms with van der Waals surface area (Å²) < 4.78 is 20.0. The number of aromatic carboxylic acids is 1. The van der Waals surface area contributed by atoms with Gasteiger partial charge in [0.1, 0.15) is 4.88 Å². The van der Waals surface area contributed by atoms with Crippen molar-refractivity contribution in [2.24, 2.45) is 5.92 Å². The molecule has 1 unspecified atom stereocenters. The zero-order valence-corrected chi connectivity index (χ0v) is 20.3. The van der Waals surface area contributed by atoms with E-state index in [1.807, 2.05) is 52.0 Å². The molecular formula is C23H25ClNO4PS. The SMILES string of the molecule is Cc1ccc(P(=O)(Nc2cc(-c3ccc(Cl)cc3)sc2C(=O)O)OCC(C)C)c(C)c1. The highest BCUT2D eigenvalue weighted by atomic mass is 35.5. The number of carboxylic acids is 1. The maximum atomic E-state index is 14.0. The van der Waals surface area contributed by atoms with Crippen molar-refractivity contribution >= 4 is 47.4 Å². The molecule has 31 heavy (non-hydrogen) atoms. The third-order valence-corrected chi connectivity index (χ3v) is 8.19. The molecular weight excluding hydrogens is 453 g/mol. The molecule has 0 aliphatic carbocycles. The van der Waals surface area contributed by atoms with Crippen LogP contribution < -0.4 is 10.4 Å². The van der Waals surface area contributed by atoms with Gasteiger partial charge in [0.2, 0.25) is 0 Å². The highest BCUT2D eigenvalue weighted by Gasteiger charge is 2.31. The van der Waals surface area contributed by atoms with E-state index in [9.17, 15) is 14.5 Å². The van der Waals surface area contributed by atoms with Crippen molar-refractivity contribution in [1.82, 2.24) is 0 Å². The number of carbonyl (C=O) groups is 1. The van der Waals surface area contributed by atoms with Crippen molar-refractivity contribution < 1.29 is 19.0 Å². The fraction of sp³-hybridized carbons (Fsp3) is 0.261. The number of rotatable bonds is 8. The van der Waals surface area contributed by atoms with Crippen LogP contribution in [0, 0.1) is 19.8 Å². The third kappa shape index (κ3) is 5.58. The zero-order chi connectivity index (χ0) is 22.8. The molecule has 0 amide bonds. The predicted octanol–water partition coefficient (Wildman–Crippen LogP) is 6.99. The Labute approximate surface area is 191 Å². The molecule has 2 N–H and O–H groups in total. The second kappa shape index (κ2) is 9.58. The van der Waals surface area contributed by atoms with Crippen LogP contribution in [0.1, 0.15) is 34.6 Å². The van der Waals surface area contributed by atoms with Crippen LogP contribution in [0.25, 0.3) is 10.4 Å². The largest absolute Gasteiger partial charge is 0.477 e. The first-order valence-corrected chi connectivity index (χ1v) is 12.6. The van der Waals surface area contributed by atoms with Gasteiger partial charge in [0.25, 0.3) is 0 Å². The van der Waals surface area contributed by atoms with Gasteiger partial charge in [0.15, 0.2) is 0 Å². The molecule has 0 spiro atoms. The molecule has 164 valence electrons. The van der Waals surface area contributed by atoms with Crippen LogP contribution in [-0.2, 0) is 9.09 Å². The van der Waals surface area contributed by atoms with E-state index in [-0.39, 0.29) is 23.1 Å². The fourth-order valence-corrected chi connectivity index (χ4v) is 6.38. The summed E-state index contributed by atoms with van der Waals surface area (Å²) in [6.07, 6.45) is 0. The standard InChI is InChI=1S/C23H25ClNO4PS/c1-14(2)13-29-30(28,20-10-5-15(3)11-16(20)4)25-19-12-21(31-22(19)23(26)27)17-6-8-18(24)9-7-17/h5-12,14H,13H2,1-4H3,(H,25,28)(H,26,27). The number of hydrogen-bond acceptors (Lipinski definition) is 4. The van der Waals surface area contributed by atoms with E-state index in [0.29, 0.717) is 10.3 Å². The van der Waals surface area contributed by atoms with E-state index < -0.39 is 13.5 Å². The average Bonchev–Trinajstić information content (AvgIpc) is 3.10. The van der Waals surface area contributed by atoms with Crippen LogP contribution >= 0.6 is 30.5 Å². The predicted molar refractivity (Wildman–Crippen MR) is 129 cm³/mol. The topological polar surface area (TPSA) is 75.6 Å². The number of nitrogens with one attached hydrogen (secondary N) is 1. The van der Waals surface area contributed by atoms with Crippen molar-refractivity contribution in [3.8, 4) is 10.4 Å². The Morgan fingerprint density at radius 1 is 1.16 bits per heavy atom. The van der Waals surface area contributed by atoms with E-state index in [2.05, 4.69) is 5.09 Å². The van der Waals surface area contributed by atoms with E-state index in [1.165, 1.54) is 0 Å². The number of benzene rings is 2. The number of carboxylic acid groups (broad SMARTS) is 1. The van der Waals surface area contributed by atoms with Gasteiger partial charge in [-0.2, -0.15) is 0 Å². The van der Waals surface area contributed by atoms with Gasteiger partial charge in [0.05, 0.1) is 17.6 Å². The summed E-state index contributed by atoms with van der Waals surface area (Å²) >= 11 is 7.08. The average molecular weight is 478 g/mol. The second-order valence-electron chi connectivity index (χ2n) is 7.81. The molecule has 0 bridgehead atoms. The molecule has 1 heterocycles. The van der Waals surface area contributed by atoms with Crippen LogP contribution in [0.15, 0.2) is 48.5 Å². The molecule has 0 aliphatic rings. The molecule has 0 saturated heterocycles. The molecule has 5 nitrogen and oxygen atoms in total. The Hall–Kier alpha value is -2.11. The van der Waals surface area contributed by atoms with Gasteiger partial charge in [-0.25, -0.2) is 4.79 Å². The molecule has 1 aromatic heterocycles. The first-order valence-electron chi connectivity index (χ1n) is 9.83. The lowest BCUT2D eigenvalue weighted by molar-refractivity contribution is 0.0703. The summed E-state index contributed by atoms with van der Waals surface area (Å²) in [6, 6.07) is 14.4. The molecule has 3 aromatic rings. The molecule has 3 rings (SSSR count). The fourth-order valence-electron chi connectivity index (χ4n) is 3.10. The summed E-state index contributed by atoms with van der Waals surface area (Å²) in [6.45, 7) is 8.05. The monoisotopic (exact) mass is 477 g/mol. The van der Waals surface area contributed by atoms with Gasteiger partial charge in [-0.3, -0.25) is 4.57 Å². The molecule has 0 radical (unpaired) electrons. The van der Waals surface area contributed by atoms with Crippen molar-refractivity contribution in [3.63, 3.8) is 0 Å². The van der Waals surface area contributed by atoms with Gasteiger partial charge >= 0.3 is 13.5 Å². The molecule has 0 saturated carbocycles. The number of halogens is 1. The van der Waals surface area contributed by atoms with Crippen LogP contribution in [-0.4, -0.2) is 17.7 Å². The Bertz CT molecular complexity index is 1140. The van der Waals surface area contributed by atoms with Crippen molar-refractivity contribution in [2.75, 3.05) is 11.7 Å². The van der Waals surface area contributed by atoms with Gasteiger partial charge in [-0.1, -0.05) is 55.3 Å². The van der Waals surface area contributed by atoms with E-state index in [0.717, 1.165) is 32.9 Å². The van der Waals surface area contributed by atoms with Gasteiger partial charge in [0, 0.05) is 9.90 Å². The molecule has 2 aromatic carbocycles. The lowest BCUT2D eigenvalue weighted by Crippen LogP contribution is -2.19. The molecule has 1 atom stereocenters. The van der Waals surface area contributed by atoms with Crippen LogP contribution in [0.3, 0.4) is 0 Å². The van der Waals surface area contributed by atoms with Gasteiger partial charge in [-0.05, 0) is 55.2 Å². The highest BCUT2D eigenvalue weighted by molar-refractivity contribution is 7.68. The number of anilines is 1. The normalized spacial score (nSPS) is 13.2. The highest BCUT2D eigenvalue weighted by Crippen LogP contribution is 2.49. The summed E-state index contributed by atoms with van der Waals surface area (Å²) in [5, 5.41) is 13.9. The third-order valence-electron chi connectivity index (χ3n) is 4.58. The Kier molecular flexibility index (Phi) is 7.28. The number of thiophene rings is 1. The van der Waals surface area contributed by atoms with Crippen molar-refractivity contribution in [2.45, 2.75) is 27.7 Å². The lowest BCUT2D eigenvalue weighted by atomic mass is 10.2. The molecule has 0 aliphatic heterocycles. The Balaban J connectivity index is 2.07. The first-order chi connectivity index (χ1) is 14.6. The summed E-state index contributed by atoms with van der Waals surface area (Å²) in [7, 11) is -3.59. The van der Waals surface area contributed by atoms with Crippen molar-refractivity contribution in [3.05, 3.63) is 69.6 Å². The van der Waals surface area contributed by atoms with Crippen molar-refractivity contribution in [1.29, 1.82) is 0 Å². The zero-order valence-electron chi connectivity index (χ0n) is 17.8. The van der Waals surface area contributed by atoms with Gasteiger partial charge < -0.3 is 14.7 Å². The Morgan fingerprint density at radius 3 is 2.42 bits per heavy atom. The van der Waals surface area contributed by atoms with E-state index >= 15 is 0 Å². The Morgan fingerprint density at radius 2 is 1.84 bits per heavy atom. The van der Waals surface area contributed by atoms with E-state index in [4.69, 9.17) is 16.1 Å². The van der Waals surface area contributed by atoms with E-state index in [1.54, 1.807) is 24.3 Å². The van der Waals surface area contributed by atoms with Crippen LogP contribution in [0.4, 0.5) is 5.69 Å².